The van der Waals surface area contributed by atoms with E-state index in [0.29, 0.717) is 19.4 Å². The van der Waals surface area contributed by atoms with Crippen LogP contribution in [0.15, 0.2) is 42.5 Å². The molecule has 0 bridgehead atoms. The minimum absolute atomic E-state index is 0.0209. The molecule has 1 aliphatic carbocycles. The molecule has 2 aromatic carbocycles. The highest BCUT2D eigenvalue weighted by molar-refractivity contribution is 5.87. The van der Waals surface area contributed by atoms with Crippen molar-refractivity contribution in [3.05, 3.63) is 59.2 Å². The first-order valence-electron chi connectivity index (χ1n) is 8.82. The average Bonchev–Trinajstić information content (AvgIpc) is 2.91. The van der Waals surface area contributed by atoms with Gasteiger partial charge in [-0.1, -0.05) is 42.5 Å². The van der Waals surface area contributed by atoms with Gasteiger partial charge in [-0.2, -0.15) is 0 Å². The Labute approximate surface area is 153 Å². The van der Waals surface area contributed by atoms with E-state index in [9.17, 15) is 14.4 Å². The molecular formula is C22H22O4. The number of fused-ring (bicyclic) bond motifs is 3. The first kappa shape index (κ1) is 18.1. The van der Waals surface area contributed by atoms with Gasteiger partial charge in [0, 0.05) is 32.1 Å². The number of hydrogen-bond acceptors (Lipinski definition) is 4. The van der Waals surface area contributed by atoms with Crippen molar-refractivity contribution in [2.75, 3.05) is 6.61 Å². The molecule has 2 aromatic rings. The van der Waals surface area contributed by atoms with Crippen molar-refractivity contribution in [2.24, 2.45) is 0 Å². The normalized spacial score (nSPS) is 14.5. The van der Waals surface area contributed by atoms with E-state index in [-0.39, 0.29) is 29.9 Å². The zero-order valence-corrected chi connectivity index (χ0v) is 15.1. The van der Waals surface area contributed by atoms with Gasteiger partial charge in [-0.05, 0) is 34.7 Å². The number of ether oxygens (including phenoxy) is 1. The molecule has 26 heavy (non-hydrogen) atoms. The molecule has 0 amide bonds. The lowest BCUT2D eigenvalue weighted by Crippen LogP contribution is -2.10. The van der Waals surface area contributed by atoms with Crippen LogP contribution >= 0.6 is 0 Å². The van der Waals surface area contributed by atoms with Crippen LogP contribution in [0.4, 0.5) is 0 Å². The fourth-order valence-corrected chi connectivity index (χ4v) is 3.48. The molecule has 0 aliphatic heterocycles. The summed E-state index contributed by atoms with van der Waals surface area (Å²) in [5.41, 5.74) is 5.42. The number of hydrogen-bond donors (Lipinski definition) is 0. The summed E-state index contributed by atoms with van der Waals surface area (Å²) in [6, 6.07) is 14.1. The molecule has 3 rings (SSSR count). The van der Waals surface area contributed by atoms with Crippen LogP contribution in [0.2, 0.25) is 0 Å². The lowest BCUT2D eigenvalue weighted by Gasteiger charge is -2.13. The molecule has 1 aliphatic rings. The fraction of sp³-hybridized carbons (Fsp3) is 0.318. The highest BCUT2D eigenvalue weighted by atomic mass is 16.5. The van der Waals surface area contributed by atoms with E-state index < -0.39 is 0 Å². The summed E-state index contributed by atoms with van der Waals surface area (Å²) < 4.78 is 5.26. The van der Waals surface area contributed by atoms with E-state index >= 15 is 0 Å². The molecule has 1 unspecified atom stereocenters. The monoisotopic (exact) mass is 350 g/mol. The van der Waals surface area contributed by atoms with Gasteiger partial charge in [0.1, 0.15) is 18.2 Å². The maximum atomic E-state index is 12.1. The summed E-state index contributed by atoms with van der Waals surface area (Å²) >= 11 is 0. The molecule has 0 spiro atoms. The maximum absolute atomic E-state index is 12.1. The highest BCUT2D eigenvalue weighted by Gasteiger charge is 2.29. The lowest BCUT2D eigenvalue weighted by molar-refractivity contribution is -0.141. The standard InChI is InChI=1S/C22H22O4/c1-14(23)7-9-17(25)11-16-8-10-20-21(12-16)18-5-3-4-6-19(18)22(20)13-26-15(2)24/h3-6,8,10,12,22H,7,9,11,13H2,1-2H3. The van der Waals surface area contributed by atoms with Gasteiger partial charge in [-0.25, -0.2) is 0 Å². The number of esters is 1. The Bertz CT molecular complexity index is 866. The van der Waals surface area contributed by atoms with Crippen molar-refractivity contribution in [2.45, 2.75) is 39.0 Å². The Hall–Kier alpha value is -2.75. The largest absolute Gasteiger partial charge is 0.465 e. The molecule has 0 saturated carbocycles. The van der Waals surface area contributed by atoms with Crippen LogP contribution in [-0.4, -0.2) is 24.1 Å². The minimum Gasteiger partial charge on any atom is -0.465 e. The lowest BCUT2D eigenvalue weighted by atomic mass is 9.96. The molecule has 0 radical (unpaired) electrons. The van der Waals surface area contributed by atoms with Crippen LogP contribution in [0.1, 0.15) is 49.3 Å². The Morgan fingerprint density at radius 2 is 1.65 bits per heavy atom. The van der Waals surface area contributed by atoms with Crippen LogP contribution in [0, 0.1) is 0 Å². The molecule has 4 nitrogen and oxygen atoms in total. The number of carbonyl (C=O) groups excluding carboxylic acids is 3. The van der Waals surface area contributed by atoms with E-state index in [1.807, 2.05) is 30.3 Å². The Morgan fingerprint density at radius 3 is 2.38 bits per heavy atom. The highest BCUT2D eigenvalue weighted by Crippen LogP contribution is 2.45. The van der Waals surface area contributed by atoms with Gasteiger partial charge in [0.25, 0.3) is 0 Å². The fourth-order valence-electron chi connectivity index (χ4n) is 3.48. The first-order valence-corrected chi connectivity index (χ1v) is 8.82. The van der Waals surface area contributed by atoms with Gasteiger partial charge in [-0.3, -0.25) is 9.59 Å². The zero-order chi connectivity index (χ0) is 18.7. The molecule has 0 N–H and O–H groups in total. The minimum atomic E-state index is -0.288. The maximum Gasteiger partial charge on any atom is 0.302 e. The van der Waals surface area contributed by atoms with Crippen LogP contribution in [0.25, 0.3) is 11.1 Å². The molecule has 1 atom stereocenters. The van der Waals surface area contributed by atoms with E-state index in [4.69, 9.17) is 4.74 Å². The van der Waals surface area contributed by atoms with Crippen molar-refractivity contribution >= 4 is 17.5 Å². The molecular weight excluding hydrogens is 328 g/mol. The van der Waals surface area contributed by atoms with E-state index in [1.54, 1.807) is 0 Å². The number of Topliss-reactive ketones (excluding diaryl/α,β-unsaturated/α-hetero) is 2. The third-order valence-corrected chi connectivity index (χ3v) is 4.73. The smallest absolute Gasteiger partial charge is 0.302 e. The van der Waals surface area contributed by atoms with Gasteiger partial charge in [-0.15, -0.1) is 0 Å². The predicted molar refractivity (Wildman–Crippen MR) is 99.0 cm³/mol. The first-order chi connectivity index (χ1) is 12.5. The quantitative estimate of drug-likeness (QED) is 0.712. The van der Waals surface area contributed by atoms with E-state index in [2.05, 4.69) is 12.1 Å². The van der Waals surface area contributed by atoms with Crippen molar-refractivity contribution < 1.29 is 19.1 Å². The predicted octanol–water partition coefficient (Wildman–Crippen LogP) is 3.84. The molecule has 0 heterocycles. The van der Waals surface area contributed by atoms with Crippen LogP contribution < -0.4 is 0 Å². The zero-order valence-electron chi connectivity index (χ0n) is 15.1. The van der Waals surface area contributed by atoms with E-state index in [0.717, 1.165) is 27.8 Å². The Morgan fingerprint density at radius 1 is 0.923 bits per heavy atom. The molecule has 0 aromatic heterocycles. The van der Waals surface area contributed by atoms with Crippen LogP contribution in [0.3, 0.4) is 0 Å². The summed E-state index contributed by atoms with van der Waals surface area (Å²) in [6.45, 7) is 3.23. The number of rotatable bonds is 7. The van der Waals surface area contributed by atoms with Gasteiger partial charge in [0.2, 0.25) is 0 Å². The molecule has 0 saturated heterocycles. The van der Waals surface area contributed by atoms with Crippen molar-refractivity contribution in [3.8, 4) is 11.1 Å². The average molecular weight is 350 g/mol. The SMILES string of the molecule is CC(=O)CCC(=O)Cc1ccc2c(c1)-c1ccccc1C2COC(C)=O. The van der Waals surface area contributed by atoms with Gasteiger partial charge in [0.05, 0.1) is 0 Å². The van der Waals surface area contributed by atoms with Gasteiger partial charge >= 0.3 is 5.97 Å². The summed E-state index contributed by atoms with van der Waals surface area (Å²) in [4.78, 5) is 34.4. The molecule has 0 fully saturated rings. The summed E-state index contributed by atoms with van der Waals surface area (Å²) in [5, 5.41) is 0. The Kier molecular flexibility index (Phi) is 5.31. The molecule has 134 valence electrons. The van der Waals surface area contributed by atoms with Crippen molar-refractivity contribution in [1.82, 2.24) is 0 Å². The number of benzene rings is 2. The Balaban J connectivity index is 1.85. The number of carbonyl (C=O) groups is 3. The second kappa shape index (κ2) is 7.65. The topological polar surface area (TPSA) is 60.4 Å². The summed E-state index contributed by atoms with van der Waals surface area (Å²) in [7, 11) is 0. The third-order valence-electron chi connectivity index (χ3n) is 4.73. The van der Waals surface area contributed by atoms with Crippen LogP contribution in [0.5, 0.6) is 0 Å². The van der Waals surface area contributed by atoms with Gasteiger partial charge in [0.15, 0.2) is 0 Å². The van der Waals surface area contributed by atoms with Crippen molar-refractivity contribution in [3.63, 3.8) is 0 Å². The molecule has 4 heteroatoms. The van der Waals surface area contributed by atoms with Crippen LogP contribution in [-0.2, 0) is 25.5 Å². The van der Waals surface area contributed by atoms with Gasteiger partial charge < -0.3 is 9.53 Å². The third kappa shape index (κ3) is 3.90. The summed E-state index contributed by atoms with van der Waals surface area (Å²) in [5.74, 6) is -0.159. The second-order valence-electron chi connectivity index (χ2n) is 6.78. The van der Waals surface area contributed by atoms with E-state index in [1.165, 1.54) is 13.8 Å². The second-order valence-corrected chi connectivity index (χ2v) is 6.78. The number of ketones is 2. The summed E-state index contributed by atoms with van der Waals surface area (Å²) in [6.07, 6.45) is 0.923. The van der Waals surface area contributed by atoms with Crippen molar-refractivity contribution in [1.29, 1.82) is 0 Å².